The lowest BCUT2D eigenvalue weighted by Gasteiger charge is -2.09. The van der Waals surface area contributed by atoms with E-state index in [2.05, 4.69) is 4.72 Å². The number of halogens is 2. The molecular formula is C10H13F2NO3S. The summed E-state index contributed by atoms with van der Waals surface area (Å²) >= 11 is 0. The maximum atomic E-state index is 13.2. The summed E-state index contributed by atoms with van der Waals surface area (Å²) in [5, 5.41) is 8.92. The molecule has 0 aliphatic rings. The highest BCUT2D eigenvalue weighted by Crippen LogP contribution is 2.14. The molecule has 17 heavy (non-hydrogen) atoms. The Labute approximate surface area is 98.3 Å². The van der Waals surface area contributed by atoms with E-state index < -0.39 is 39.1 Å². The number of aliphatic hydroxyl groups is 1. The zero-order valence-corrected chi connectivity index (χ0v) is 9.97. The lowest BCUT2D eigenvalue weighted by Crippen LogP contribution is -2.32. The maximum absolute atomic E-state index is 13.2. The molecule has 0 aliphatic heterocycles. The van der Waals surface area contributed by atoms with Crippen molar-refractivity contribution >= 4 is 10.0 Å². The van der Waals surface area contributed by atoms with Crippen molar-refractivity contribution in [1.82, 2.24) is 4.72 Å². The van der Waals surface area contributed by atoms with Crippen LogP contribution < -0.4 is 4.72 Å². The van der Waals surface area contributed by atoms with Gasteiger partial charge in [-0.2, -0.15) is 0 Å². The monoisotopic (exact) mass is 265 g/mol. The van der Waals surface area contributed by atoms with Gasteiger partial charge in [0.25, 0.3) is 0 Å². The second kappa shape index (κ2) is 5.52. The molecule has 1 atom stereocenters. The molecule has 1 rings (SSSR count). The maximum Gasteiger partial charge on any atom is 0.216 e. The molecule has 96 valence electrons. The Morgan fingerprint density at radius 3 is 2.35 bits per heavy atom. The third-order valence-corrected chi connectivity index (χ3v) is 3.27. The lowest BCUT2D eigenvalue weighted by atomic mass is 10.2. The van der Waals surface area contributed by atoms with E-state index in [0.717, 1.165) is 18.2 Å². The Bertz CT molecular complexity index is 468. The van der Waals surface area contributed by atoms with Crippen molar-refractivity contribution in [3.63, 3.8) is 0 Å². The fraction of sp³-hybridized carbons (Fsp3) is 0.400. The quantitative estimate of drug-likeness (QED) is 0.826. The van der Waals surface area contributed by atoms with Crippen molar-refractivity contribution in [3.05, 3.63) is 35.4 Å². The molecule has 0 bridgehead atoms. The number of hydrogen-bond donors (Lipinski definition) is 2. The number of sulfonamides is 1. The summed E-state index contributed by atoms with van der Waals surface area (Å²) in [4.78, 5) is 0. The topological polar surface area (TPSA) is 66.4 Å². The summed E-state index contributed by atoms with van der Waals surface area (Å²) in [6.45, 7) is 1.20. The van der Waals surface area contributed by atoms with Crippen LogP contribution in [0.5, 0.6) is 0 Å². The second-order valence-electron chi connectivity index (χ2n) is 3.66. The Morgan fingerprint density at radius 2 is 1.88 bits per heavy atom. The minimum absolute atomic E-state index is 0.196. The number of hydrogen-bond acceptors (Lipinski definition) is 3. The molecule has 1 aromatic rings. The summed E-state index contributed by atoms with van der Waals surface area (Å²) < 4.78 is 51.4. The minimum Gasteiger partial charge on any atom is -0.392 e. The molecule has 0 aromatic heterocycles. The van der Waals surface area contributed by atoms with Crippen LogP contribution in [0, 0.1) is 11.6 Å². The standard InChI is InChI=1S/C10H13F2NO3S/c1-7(14)5-13-17(15,16)6-8-9(11)3-2-4-10(8)12/h2-4,7,13-14H,5-6H2,1H3. The van der Waals surface area contributed by atoms with E-state index in [4.69, 9.17) is 5.11 Å². The van der Waals surface area contributed by atoms with E-state index in [1.54, 1.807) is 0 Å². The second-order valence-corrected chi connectivity index (χ2v) is 5.46. The predicted molar refractivity (Wildman–Crippen MR) is 58.7 cm³/mol. The Kier molecular flexibility index (Phi) is 4.55. The third kappa shape index (κ3) is 4.37. The van der Waals surface area contributed by atoms with Gasteiger partial charge in [-0.3, -0.25) is 0 Å². The summed E-state index contributed by atoms with van der Waals surface area (Å²) in [6.07, 6.45) is -0.866. The molecule has 1 unspecified atom stereocenters. The SMILES string of the molecule is CC(O)CNS(=O)(=O)Cc1c(F)cccc1F. The van der Waals surface area contributed by atoms with Gasteiger partial charge in [-0.25, -0.2) is 21.9 Å². The van der Waals surface area contributed by atoms with Crippen LogP contribution in [-0.2, 0) is 15.8 Å². The molecule has 0 radical (unpaired) electrons. The summed E-state index contributed by atoms with van der Waals surface area (Å²) in [7, 11) is -3.86. The average molecular weight is 265 g/mol. The lowest BCUT2D eigenvalue weighted by molar-refractivity contribution is 0.198. The molecule has 0 spiro atoms. The van der Waals surface area contributed by atoms with Crippen LogP contribution in [0.2, 0.25) is 0 Å². The first-order valence-corrected chi connectivity index (χ1v) is 6.55. The van der Waals surface area contributed by atoms with Gasteiger partial charge < -0.3 is 5.11 Å². The molecule has 2 N–H and O–H groups in total. The fourth-order valence-corrected chi connectivity index (χ4v) is 2.41. The summed E-state index contributed by atoms with van der Waals surface area (Å²) in [6, 6.07) is 3.13. The van der Waals surface area contributed by atoms with Crippen LogP contribution in [0.25, 0.3) is 0 Å². The van der Waals surface area contributed by atoms with E-state index in [1.807, 2.05) is 0 Å². The van der Waals surface area contributed by atoms with Gasteiger partial charge >= 0.3 is 0 Å². The molecule has 1 aromatic carbocycles. The van der Waals surface area contributed by atoms with Gasteiger partial charge in [-0.15, -0.1) is 0 Å². The molecule has 0 amide bonds. The predicted octanol–water partition coefficient (Wildman–Crippen LogP) is 0.765. The fourth-order valence-electron chi connectivity index (χ4n) is 1.16. The van der Waals surface area contributed by atoms with E-state index >= 15 is 0 Å². The van der Waals surface area contributed by atoms with Crippen molar-refractivity contribution in [2.24, 2.45) is 0 Å². The van der Waals surface area contributed by atoms with Crippen LogP contribution in [0.1, 0.15) is 12.5 Å². The normalized spacial score (nSPS) is 13.6. The van der Waals surface area contributed by atoms with E-state index in [9.17, 15) is 17.2 Å². The zero-order valence-electron chi connectivity index (χ0n) is 9.15. The zero-order chi connectivity index (χ0) is 13.1. The number of nitrogens with one attached hydrogen (secondary N) is 1. The highest BCUT2D eigenvalue weighted by molar-refractivity contribution is 7.88. The highest BCUT2D eigenvalue weighted by Gasteiger charge is 2.18. The molecule has 0 saturated heterocycles. The average Bonchev–Trinajstić information content (AvgIpc) is 2.21. The van der Waals surface area contributed by atoms with E-state index in [-0.39, 0.29) is 6.54 Å². The van der Waals surface area contributed by atoms with Crippen molar-refractivity contribution in [2.75, 3.05) is 6.54 Å². The number of rotatable bonds is 5. The first-order valence-electron chi connectivity index (χ1n) is 4.90. The minimum atomic E-state index is -3.86. The Morgan fingerprint density at radius 1 is 1.35 bits per heavy atom. The number of benzene rings is 1. The van der Waals surface area contributed by atoms with E-state index in [1.165, 1.54) is 6.92 Å². The van der Waals surface area contributed by atoms with Gasteiger partial charge in [0.15, 0.2) is 0 Å². The van der Waals surface area contributed by atoms with Crippen molar-refractivity contribution in [3.8, 4) is 0 Å². The Hall–Kier alpha value is -1.05. The van der Waals surface area contributed by atoms with Crippen LogP contribution in [0.3, 0.4) is 0 Å². The van der Waals surface area contributed by atoms with Crippen LogP contribution in [0.4, 0.5) is 8.78 Å². The highest BCUT2D eigenvalue weighted by atomic mass is 32.2. The van der Waals surface area contributed by atoms with Crippen molar-refractivity contribution in [2.45, 2.75) is 18.8 Å². The number of aliphatic hydroxyl groups excluding tert-OH is 1. The van der Waals surface area contributed by atoms with Gasteiger partial charge in [0.05, 0.1) is 11.9 Å². The smallest absolute Gasteiger partial charge is 0.216 e. The largest absolute Gasteiger partial charge is 0.392 e. The summed E-state index contributed by atoms with van der Waals surface area (Å²) in [5.74, 6) is -2.61. The molecule has 7 heteroatoms. The van der Waals surface area contributed by atoms with Crippen molar-refractivity contribution < 1.29 is 22.3 Å². The molecule has 0 saturated carbocycles. The first-order chi connectivity index (χ1) is 7.82. The van der Waals surface area contributed by atoms with Gasteiger partial charge in [0.2, 0.25) is 10.0 Å². The summed E-state index contributed by atoms with van der Waals surface area (Å²) in [5.41, 5.74) is -0.509. The van der Waals surface area contributed by atoms with Gasteiger partial charge in [0.1, 0.15) is 11.6 Å². The third-order valence-electron chi connectivity index (χ3n) is 1.99. The molecule has 0 aliphatic carbocycles. The van der Waals surface area contributed by atoms with Crippen LogP contribution in [0.15, 0.2) is 18.2 Å². The van der Waals surface area contributed by atoms with Crippen LogP contribution in [-0.4, -0.2) is 26.2 Å². The molecular weight excluding hydrogens is 252 g/mol. The van der Waals surface area contributed by atoms with Crippen molar-refractivity contribution in [1.29, 1.82) is 0 Å². The first kappa shape index (κ1) is 14.0. The van der Waals surface area contributed by atoms with Crippen LogP contribution >= 0.6 is 0 Å². The van der Waals surface area contributed by atoms with Gasteiger partial charge in [0, 0.05) is 12.1 Å². The molecule has 0 fully saturated rings. The molecule has 0 heterocycles. The van der Waals surface area contributed by atoms with Gasteiger partial charge in [-0.05, 0) is 19.1 Å². The van der Waals surface area contributed by atoms with E-state index in [0.29, 0.717) is 0 Å². The van der Waals surface area contributed by atoms with Gasteiger partial charge in [-0.1, -0.05) is 6.07 Å². The Balaban J connectivity index is 2.83. The molecule has 4 nitrogen and oxygen atoms in total.